The minimum absolute atomic E-state index is 0.184. The summed E-state index contributed by atoms with van der Waals surface area (Å²) in [5.41, 5.74) is 6.69. The van der Waals surface area contributed by atoms with E-state index in [1.807, 2.05) is 42.5 Å². The lowest BCUT2D eigenvalue weighted by Gasteiger charge is -2.32. The van der Waals surface area contributed by atoms with Crippen LogP contribution in [0.5, 0.6) is 0 Å². The highest BCUT2D eigenvalue weighted by molar-refractivity contribution is 6.09. The summed E-state index contributed by atoms with van der Waals surface area (Å²) in [5.74, 6) is -1.78. The molecule has 146 valence electrons. The van der Waals surface area contributed by atoms with Gasteiger partial charge >= 0.3 is 12.0 Å². The minimum Gasteiger partial charge on any atom is -0.480 e. The Morgan fingerprint density at radius 1 is 1.07 bits per heavy atom. The first-order valence-electron chi connectivity index (χ1n) is 9.02. The number of nitrogens with zero attached hydrogens (tertiary/aromatic N) is 2. The van der Waals surface area contributed by atoms with E-state index >= 15 is 0 Å². The van der Waals surface area contributed by atoms with Gasteiger partial charge in [-0.05, 0) is 30.5 Å². The minimum atomic E-state index is -1.32. The second-order valence-electron chi connectivity index (χ2n) is 7.02. The molecule has 1 heterocycles. The molecule has 1 fully saturated rings. The van der Waals surface area contributed by atoms with Gasteiger partial charge in [-0.1, -0.05) is 54.6 Å². The fraction of sp³-hybridized carbons (Fsp3) is 0.286. The molecule has 28 heavy (non-hydrogen) atoms. The average Bonchev–Trinajstić information content (AvgIpc) is 2.89. The number of benzene rings is 2. The smallest absolute Gasteiger partial charge is 0.329 e. The molecular formula is C21H23N3O4. The Kier molecular flexibility index (Phi) is 5.20. The molecule has 0 saturated carbocycles. The number of carbonyl (C=O) groups excluding carboxylic acids is 2. The lowest BCUT2D eigenvalue weighted by atomic mass is 9.89. The Balaban J connectivity index is 2.09. The molecule has 1 saturated heterocycles. The fourth-order valence-electron chi connectivity index (χ4n) is 3.45. The molecule has 2 aromatic carbocycles. The van der Waals surface area contributed by atoms with Crippen molar-refractivity contribution in [2.45, 2.75) is 38.5 Å². The number of nitrogens with two attached hydrogens (primary N) is 1. The van der Waals surface area contributed by atoms with Gasteiger partial charge in [-0.15, -0.1) is 0 Å². The van der Waals surface area contributed by atoms with Gasteiger partial charge in [0.15, 0.2) is 0 Å². The van der Waals surface area contributed by atoms with Crippen LogP contribution in [0.15, 0.2) is 54.6 Å². The van der Waals surface area contributed by atoms with Crippen molar-refractivity contribution in [3.63, 3.8) is 0 Å². The molecule has 0 bridgehead atoms. The third-order valence-electron chi connectivity index (χ3n) is 5.29. The number of hydrogen-bond donors (Lipinski definition) is 2. The van der Waals surface area contributed by atoms with Crippen LogP contribution in [0, 0.1) is 0 Å². The topological polar surface area (TPSA) is 104 Å². The third kappa shape index (κ3) is 3.14. The van der Waals surface area contributed by atoms with Gasteiger partial charge < -0.3 is 15.7 Å². The first-order chi connectivity index (χ1) is 13.3. The van der Waals surface area contributed by atoms with Crippen molar-refractivity contribution in [2.24, 2.45) is 5.73 Å². The second-order valence-corrected chi connectivity index (χ2v) is 7.02. The first-order valence-corrected chi connectivity index (χ1v) is 9.02. The monoisotopic (exact) mass is 381 g/mol. The number of carboxylic acid groups (broad SMARTS) is 1. The summed E-state index contributed by atoms with van der Waals surface area (Å²) in [4.78, 5) is 40.2. The highest BCUT2D eigenvalue weighted by Gasteiger charge is 2.57. The van der Waals surface area contributed by atoms with E-state index in [1.54, 1.807) is 19.1 Å². The number of imide groups is 1. The predicted molar refractivity (Wildman–Crippen MR) is 103 cm³/mol. The van der Waals surface area contributed by atoms with Crippen LogP contribution in [0.25, 0.3) is 0 Å². The fourth-order valence-corrected chi connectivity index (χ4v) is 3.45. The van der Waals surface area contributed by atoms with Crippen LogP contribution in [0.4, 0.5) is 4.79 Å². The van der Waals surface area contributed by atoms with Gasteiger partial charge in [-0.2, -0.15) is 0 Å². The third-order valence-corrected chi connectivity index (χ3v) is 5.29. The van der Waals surface area contributed by atoms with Crippen molar-refractivity contribution in [3.8, 4) is 0 Å². The Labute approximate surface area is 163 Å². The van der Waals surface area contributed by atoms with Crippen LogP contribution in [0.3, 0.4) is 0 Å². The number of aliphatic carboxylic acids is 1. The maximum Gasteiger partial charge on any atom is 0.329 e. The lowest BCUT2D eigenvalue weighted by Crippen LogP contribution is -2.45. The molecule has 3 N–H and O–H groups in total. The van der Waals surface area contributed by atoms with Crippen LogP contribution in [-0.4, -0.2) is 38.9 Å². The average molecular weight is 381 g/mol. The molecule has 7 nitrogen and oxygen atoms in total. The predicted octanol–water partition coefficient (Wildman–Crippen LogP) is 2.30. The van der Waals surface area contributed by atoms with Gasteiger partial charge in [-0.3, -0.25) is 4.79 Å². The summed E-state index contributed by atoms with van der Waals surface area (Å²) in [6.45, 7) is 3.54. The van der Waals surface area contributed by atoms with Gasteiger partial charge in [0.05, 0.1) is 0 Å². The van der Waals surface area contributed by atoms with E-state index in [0.717, 1.165) is 16.0 Å². The van der Waals surface area contributed by atoms with E-state index in [4.69, 9.17) is 5.73 Å². The molecule has 0 aromatic heterocycles. The van der Waals surface area contributed by atoms with Gasteiger partial charge in [0, 0.05) is 13.1 Å². The van der Waals surface area contributed by atoms with Crippen molar-refractivity contribution in [1.29, 1.82) is 0 Å². The maximum absolute atomic E-state index is 13.3. The van der Waals surface area contributed by atoms with E-state index < -0.39 is 29.5 Å². The molecule has 7 heteroatoms. The number of carbonyl (C=O) groups is 3. The zero-order chi connectivity index (χ0) is 20.5. The highest BCUT2D eigenvalue weighted by Crippen LogP contribution is 2.39. The molecule has 2 atom stereocenters. The summed E-state index contributed by atoms with van der Waals surface area (Å²) in [7, 11) is 0. The van der Waals surface area contributed by atoms with E-state index in [1.165, 1.54) is 11.8 Å². The molecule has 0 spiro atoms. The lowest BCUT2D eigenvalue weighted by molar-refractivity contribution is -0.147. The molecule has 0 aliphatic carbocycles. The number of hydrogen-bond acceptors (Lipinski definition) is 4. The molecule has 3 amide bonds. The van der Waals surface area contributed by atoms with Crippen LogP contribution in [0.1, 0.15) is 30.5 Å². The summed E-state index contributed by atoms with van der Waals surface area (Å²) >= 11 is 0. The van der Waals surface area contributed by atoms with E-state index in [9.17, 15) is 19.5 Å². The van der Waals surface area contributed by atoms with Gasteiger partial charge in [0.25, 0.3) is 5.91 Å². The SMILES string of the molecule is CC(C(=O)O)N1C(=O)N(Cc2ccccc2)[C@@](C)(c2ccc(CN)cc2)C1=O. The van der Waals surface area contributed by atoms with E-state index in [0.29, 0.717) is 12.1 Å². The van der Waals surface area contributed by atoms with Crippen molar-refractivity contribution < 1.29 is 19.5 Å². The maximum atomic E-state index is 13.3. The molecular weight excluding hydrogens is 358 g/mol. The number of carboxylic acids is 1. The van der Waals surface area contributed by atoms with Crippen molar-refractivity contribution in [2.75, 3.05) is 0 Å². The molecule has 1 aliphatic heterocycles. The standard InChI is InChI=1S/C21H23N3O4/c1-14(18(25)26)24-19(27)21(2,17-10-8-15(12-22)9-11-17)23(20(24)28)13-16-6-4-3-5-7-16/h3-11,14H,12-13,22H2,1-2H3,(H,25,26)/t14?,21-/m0/s1. The Morgan fingerprint density at radius 3 is 2.21 bits per heavy atom. The molecule has 0 radical (unpaired) electrons. The Morgan fingerprint density at radius 2 is 1.68 bits per heavy atom. The largest absolute Gasteiger partial charge is 0.480 e. The molecule has 1 unspecified atom stereocenters. The first kappa shape index (κ1) is 19.6. The van der Waals surface area contributed by atoms with Gasteiger partial charge in [0.1, 0.15) is 11.6 Å². The van der Waals surface area contributed by atoms with Gasteiger partial charge in [0.2, 0.25) is 0 Å². The summed E-state index contributed by atoms with van der Waals surface area (Å²) in [6, 6.07) is 14.6. The normalized spacial score (nSPS) is 20.5. The second kappa shape index (κ2) is 7.44. The van der Waals surface area contributed by atoms with Crippen molar-refractivity contribution >= 4 is 17.9 Å². The van der Waals surface area contributed by atoms with Crippen LogP contribution in [0.2, 0.25) is 0 Å². The van der Waals surface area contributed by atoms with Crippen molar-refractivity contribution in [3.05, 3.63) is 71.3 Å². The van der Waals surface area contributed by atoms with Crippen molar-refractivity contribution in [1.82, 2.24) is 9.80 Å². The number of amides is 3. The summed E-state index contributed by atoms with van der Waals surface area (Å²) < 4.78 is 0. The number of rotatable bonds is 6. The molecule has 2 aromatic rings. The quantitative estimate of drug-likeness (QED) is 0.747. The zero-order valence-electron chi connectivity index (χ0n) is 15.8. The Hall–Kier alpha value is -3.19. The molecule has 1 aliphatic rings. The Bertz CT molecular complexity index is 898. The summed E-state index contributed by atoms with van der Waals surface area (Å²) in [6.07, 6.45) is 0. The summed E-state index contributed by atoms with van der Waals surface area (Å²) in [5, 5.41) is 9.38. The molecule has 3 rings (SSSR count). The number of urea groups is 1. The van der Waals surface area contributed by atoms with E-state index in [-0.39, 0.29) is 6.54 Å². The van der Waals surface area contributed by atoms with Crippen LogP contribution in [-0.2, 0) is 28.2 Å². The van der Waals surface area contributed by atoms with Gasteiger partial charge in [-0.25, -0.2) is 14.5 Å². The van der Waals surface area contributed by atoms with E-state index in [2.05, 4.69) is 0 Å². The van der Waals surface area contributed by atoms with Crippen LogP contribution >= 0.6 is 0 Å². The zero-order valence-corrected chi connectivity index (χ0v) is 15.8. The highest BCUT2D eigenvalue weighted by atomic mass is 16.4. The van der Waals surface area contributed by atoms with Crippen LogP contribution < -0.4 is 5.73 Å².